The van der Waals surface area contributed by atoms with Crippen LogP contribution in [0.15, 0.2) is 29.9 Å². The number of rotatable bonds is 3. The van der Waals surface area contributed by atoms with Gasteiger partial charge in [0.2, 0.25) is 0 Å². The quantitative estimate of drug-likeness (QED) is 0.905. The number of nitrogens with zero attached hydrogens (tertiary/aromatic N) is 1. The first-order valence-electron chi connectivity index (χ1n) is 5.71. The minimum Gasteiger partial charge on any atom is -0.488 e. The number of fused-ring (bicyclic) bond motifs is 1. The van der Waals surface area contributed by atoms with E-state index in [0.717, 1.165) is 23.5 Å². The van der Waals surface area contributed by atoms with E-state index >= 15 is 0 Å². The van der Waals surface area contributed by atoms with E-state index in [2.05, 4.69) is 17.1 Å². The zero-order chi connectivity index (χ0) is 11.7. The molecule has 1 aromatic carbocycles. The molecule has 0 aliphatic heterocycles. The normalized spacial score (nSPS) is 18.1. The number of aromatic nitrogens is 1. The van der Waals surface area contributed by atoms with E-state index in [1.807, 2.05) is 17.8 Å². The van der Waals surface area contributed by atoms with Crippen molar-refractivity contribution in [2.75, 3.05) is 0 Å². The van der Waals surface area contributed by atoms with Crippen molar-refractivity contribution >= 4 is 11.3 Å². The van der Waals surface area contributed by atoms with Crippen molar-refractivity contribution in [3.63, 3.8) is 0 Å². The van der Waals surface area contributed by atoms with Gasteiger partial charge in [-0.2, -0.15) is 0 Å². The molecule has 17 heavy (non-hydrogen) atoms. The molecule has 0 amide bonds. The van der Waals surface area contributed by atoms with Crippen LogP contribution in [-0.4, -0.2) is 4.98 Å². The topological polar surface area (TPSA) is 48.1 Å². The van der Waals surface area contributed by atoms with Crippen LogP contribution in [0.2, 0.25) is 0 Å². The Morgan fingerprint density at radius 1 is 1.47 bits per heavy atom. The van der Waals surface area contributed by atoms with E-state index in [-0.39, 0.29) is 6.04 Å². The lowest BCUT2D eigenvalue weighted by molar-refractivity contribution is 0.309. The molecular formula is C13H14N2OS. The SMILES string of the molecule is NC1CCc2cc(OCc3cncs3)ccc21. The summed E-state index contributed by atoms with van der Waals surface area (Å²) in [5.74, 6) is 0.922. The fraction of sp³-hybridized carbons (Fsp3) is 0.308. The van der Waals surface area contributed by atoms with Crippen molar-refractivity contribution in [3.8, 4) is 5.75 Å². The predicted molar refractivity (Wildman–Crippen MR) is 68.1 cm³/mol. The summed E-state index contributed by atoms with van der Waals surface area (Å²) in [7, 11) is 0. The van der Waals surface area contributed by atoms with E-state index in [0.29, 0.717) is 6.61 Å². The molecule has 1 heterocycles. The summed E-state index contributed by atoms with van der Waals surface area (Å²) in [5, 5.41) is 0. The second-order valence-corrected chi connectivity index (χ2v) is 5.23. The highest BCUT2D eigenvalue weighted by molar-refractivity contribution is 7.09. The van der Waals surface area contributed by atoms with Gasteiger partial charge in [-0.05, 0) is 36.1 Å². The van der Waals surface area contributed by atoms with E-state index in [1.54, 1.807) is 11.3 Å². The molecule has 1 aliphatic carbocycles. The number of benzene rings is 1. The van der Waals surface area contributed by atoms with E-state index < -0.39 is 0 Å². The fourth-order valence-corrected chi connectivity index (χ4v) is 2.69. The molecule has 0 spiro atoms. The Morgan fingerprint density at radius 2 is 2.41 bits per heavy atom. The van der Waals surface area contributed by atoms with Gasteiger partial charge in [-0.1, -0.05) is 6.07 Å². The second kappa shape index (κ2) is 4.47. The summed E-state index contributed by atoms with van der Waals surface area (Å²) < 4.78 is 5.74. The maximum Gasteiger partial charge on any atom is 0.124 e. The van der Waals surface area contributed by atoms with Crippen LogP contribution in [0.5, 0.6) is 5.75 Å². The van der Waals surface area contributed by atoms with E-state index in [4.69, 9.17) is 10.5 Å². The lowest BCUT2D eigenvalue weighted by atomic mass is 10.1. The van der Waals surface area contributed by atoms with Gasteiger partial charge in [-0.3, -0.25) is 4.98 Å². The molecule has 1 aromatic heterocycles. The zero-order valence-corrected chi connectivity index (χ0v) is 10.2. The molecule has 3 rings (SSSR count). The van der Waals surface area contributed by atoms with Crippen molar-refractivity contribution < 1.29 is 4.74 Å². The van der Waals surface area contributed by atoms with Crippen molar-refractivity contribution in [1.29, 1.82) is 0 Å². The van der Waals surface area contributed by atoms with Crippen LogP contribution in [0, 0.1) is 0 Å². The minimum absolute atomic E-state index is 0.209. The summed E-state index contributed by atoms with van der Waals surface area (Å²) in [5.41, 5.74) is 10.4. The van der Waals surface area contributed by atoms with Crippen molar-refractivity contribution in [3.05, 3.63) is 45.9 Å². The molecule has 1 unspecified atom stereocenters. The average molecular weight is 246 g/mol. The Hall–Kier alpha value is -1.39. The average Bonchev–Trinajstić information content (AvgIpc) is 2.97. The van der Waals surface area contributed by atoms with Crippen LogP contribution < -0.4 is 10.5 Å². The van der Waals surface area contributed by atoms with Crippen LogP contribution in [-0.2, 0) is 13.0 Å². The molecule has 1 atom stereocenters. The first kappa shape index (κ1) is 10.7. The van der Waals surface area contributed by atoms with Gasteiger partial charge in [0.25, 0.3) is 0 Å². The predicted octanol–water partition coefficient (Wildman–Crippen LogP) is 2.67. The van der Waals surface area contributed by atoms with Gasteiger partial charge in [0.05, 0.1) is 10.4 Å². The molecule has 0 radical (unpaired) electrons. The maximum atomic E-state index is 6.00. The van der Waals surface area contributed by atoms with Gasteiger partial charge in [0.1, 0.15) is 12.4 Å². The van der Waals surface area contributed by atoms with E-state index in [1.165, 1.54) is 11.1 Å². The van der Waals surface area contributed by atoms with Gasteiger partial charge in [-0.15, -0.1) is 11.3 Å². The van der Waals surface area contributed by atoms with Crippen molar-refractivity contribution in [1.82, 2.24) is 4.98 Å². The Bertz CT molecular complexity index is 510. The number of hydrogen-bond acceptors (Lipinski definition) is 4. The zero-order valence-electron chi connectivity index (χ0n) is 9.43. The molecule has 3 nitrogen and oxygen atoms in total. The van der Waals surface area contributed by atoms with E-state index in [9.17, 15) is 0 Å². The maximum absolute atomic E-state index is 6.00. The lowest BCUT2D eigenvalue weighted by Gasteiger charge is -2.08. The summed E-state index contributed by atoms with van der Waals surface area (Å²) in [6, 6.07) is 6.42. The second-order valence-electron chi connectivity index (χ2n) is 4.26. The molecule has 4 heteroatoms. The first-order chi connectivity index (χ1) is 8.33. The van der Waals surface area contributed by atoms with Crippen LogP contribution in [0.4, 0.5) is 0 Å². The third-order valence-electron chi connectivity index (χ3n) is 3.10. The van der Waals surface area contributed by atoms with Crippen LogP contribution in [0.25, 0.3) is 0 Å². The Labute approximate surface area is 104 Å². The van der Waals surface area contributed by atoms with Gasteiger partial charge >= 0.3 is 0 Å². The standard InChI is InChI=1S/C13H14N2OS/c14-13-4-1-9-5-10(2-3-12(9)13)16-7-11-6-15-8-17-11/h2-3,5-6,8,13H,1,4,7,14H2. The Kier molecular flexibility index (Phi) is 2.82. The largest absolute Gasteiger partial charge is 0.488 e. The summed E-state index contributed by atoms with van der Waals surface area (Å²) >= 11 is 1.61. The van der Waals surface area contributed by atoms with Gasteiger partial charge in [-0.25, -0.2) is 0 Å². The summed E-state index contributed by atoms with van der Waals surface area (Å²) in [4.78, 5) is 5.17. The molecule has 0 saturated heterocycles. The molecule has 0 fully saturated rings. The third-order valence-corrected chi connectivity index (χ3v) is 3.86. The Morgan fingerprint density at radius 3 is 3.24 bits per heavy atom. The molecule has 0 bridgehead atoms. The number of hydrogen-bond donors (Lipinski definition) is 1. The summed E-state index contributed by atoms with van der Waals surface area (Å²) in [6.45, 7) is 0.593. The molecule has 2 aromatic rings. The Balaban J connectivity index is 1.72. The van der Waals surface area contributed by atoms with Crippen LogP contribution in [0.1, 0.15) is 28.5 Å². The monoisotopic (exact) mass is 246 g/mol. The highest BCUT2D eigenvalue weighted by atomic mass is 32.1. The number of aryl methyl sites for hydroxylation is 1. The molecular weight excluding hydrogens is 232 g/mol. The molecule has 0 saturated carbocycles. The minimum atomic E-state index is 0.209. The molecule has 1 aliphatic rings. The molecule has 88 valence electrons. The fourth-order valence-electron chi connectivity index (χ4n) is 2.18. The summed E-state index contributed by atoms with van der Waals surface area (Å²) in [6.07, 6.45) is 3.95. The first-order valence-corrected chi connectivity index (χ1v) is 6.59. The third kappa shape index (κ3) is 2.18. The number of ether oxygens (including phenoxy) is 1. The highest BCUT2D eigenvalue weighted by Gasteiger charge is 2.18. The smallest absolute Gasteiger partial charge is 0.124 e. The van der Waals surface area contributed by atoms with Gasteiger partial charge in [0, 0.05) is 12.2 Å². The van der Waals surface area contributed by atoms with Gasteiger partial charge < -0.3 is 10.5 Å². The highest BCUT2D eigenvalue weighted by Crippen LogP contribution is 2.32. The van der Waals surface area contributed by atoms with Crippen LogP contribution >= 0.6 is 11.3 Å². The van der Waals surface area contributed by atoms with Crippen molar-refractivity contribution in [2.24, 2.45) is 5.73 Å². The van der Waals surface area contributed by atoms with Gasteiger partial charge in [0.15, 0.2) is 0 Å². The van der Waals surface area contributed by atoms with Crippen LogP contribution in [0.3, 0.4) is 0 Å². The number of thiazole rings is 1. The lowest BCUT2D eigenvalue weighted by Crippen LogP contribution is -2.04. The van der Waals surface area contributed by atoms with Crippen molar-refractivity contribution in [2.45, 2.75) is 25.5 Å². The molecule has 2 N–H and O–H groups in total. The number of nitrogens with two attached hydrogens (primary N) is 1.